The predicted molar refractivity (Wildman–Crippen MR) is 83.1 cm³/mol. The Hall–Kier alpha value is -1.86. The number of nitrogens with one attached hydrogen (secondary N) is 1. The van der Waals surface area contributed by atoms with Crippen LogP contribution in [0.4, 0.5) is 11.4 Å². The summed E-state index contributed by atoms with van der Waals surface area (Å²) in [5, 5.41) is 7.15. The Kier molecular flexibility index (Phi) is 4.98. The zero-order valence-electron chi connectivity index (χ0n) is 12.3. The van der Waals surface area contributed by atoms with Crippen molar-refractivity contribution in [3.05, 3.63) is 41.8 Å². The molecule has 114 valence electrons. The van der Waals surface area contributed by atoms with E-state index >= 15 is 0 Å². The van der Waals surface area contributed by atoms with Crippen molar-refractivity contribution in [3.8, 4) is 0 Å². The van der Waals surface area contributed by atoms with Gasteiger partial charge in [-0.3, -0.25) is 0 Å². The smallest absolute Gasteiger partial charge is 0.129 e. The molecule has 1 aromatic heterocycles. The standard InChI is InChI=1S/C14H19N3O3S/c1-19-10-14-11(9-20-16-14)8-15-12-6-4-5-7-13(12)17-21(2,3)18/h4-7,9,15H,8,10H2,1-3H3. The van der Waals surface area contributed by atoms with E-state index in [0.717, 1.165) is 16.9 Å². The van der Waals surface area contributed by atoms with E-state index in [-0.39, 0.29) is 0 Å². The van der Waals surface area contributed by atoms with Crippen molar-refractivity contribution in [1.29, 1.82) is 0 Å². The Bertz CT molecular complexity index is 710. The van der Waals surface area contributed by atoms with Crippen molar-refractivity contribution in [1.82, 2.24) is 5.16 Å². The van der Waals surface area contributed by atoms with Gasteiger partial charge < -0.3 is 14.6 Å². The lowest BCUT2D eigenvalue weighted by Crippen LogP contribution is -2.02. The molecule has 0 radical (unpaired) electrons. The quantitative estimate of drug-likeness (QED) is 0.888. The van der Waals surface area contributed by atoms with Gasteiger partial charge in [0.25, 0.3) is 0 Å². The van der Waals surface area contributed by atoms with Crippen LogP contribution in [0.3, 0.4) is 0 Å². The number of rotatable bonds is 6. The monoisotopic (exact) mass is 309 g/mol. The molecule has 0 aliphatic rings. The third-order valence-electron chi connectivity index (χ3n) is 2.70. The van der Waals surface area contributed by atoms with Crippen LogP contribution in [0, 0.1) is 0 Å². The van der Waals surface area contributed by atoms with Gasteiger partial charge in [-0.25, -0.2) is 4.21 Å². The van der Waals surface area contributed by atoms with Gasteiger partial charge in [-0.15, -0.1) is 0 Å². The predicted octanol–water partition coefficient (Wildman–Crippen LogP) is 2.79. The first-order valence-electron chi connectivity index (χ1n) is 6.40. The van der Waals surface area contributed by atoms with Crippen LogP contribution in [0.2, 0.25) is 0 Å². The molecule has 7 heteroatoms. The van der Waals surface area contributed by atoms with Gasteiger partial charge in [0.15, 0.2) is 0 Å². The minimum Gasteiger partial charge on any atom is -0.379 e. The summed E-state index contributed by atoms with van der Waals surface area (Å²) in [6, 6.07) is 7.50. The first-order valence-corrected chi connectivity index (χ1v) is 8.74. The van der Waals surface area contributed by atoms with Crippen molar-refractivity contribution >= 4 is 21.1 Å². The normalized spacial score (nSPS) is 11.4. The second kappa shape index (κ2) is 6.73. The highest BCUT2D eigenvalue weighted by Gasteiger charge is 2.08. The van der Waals surface area contributed by atoms with Gasteiger partial charge in [-0.1, -0.05) is 17.3 Å². The Balaban J connectivity index is 2.17. The highest BCUT2D eigenvalue weighted by Crippen LogP contribution is 2.26. The molecule has 0 spiro atoms. The van der Waals surface area contributed by atoms with E-state index in [1.165, 1.54) is 0 Å². The summed E-state index contributed by atoms with van der Waals surface area (Å²) < 4.78 is 26.1. The maximum absolute atomic E-state index is 11.8. The summed E-state index contributed by atoms with van der Waals surface area (Å²) in [6.07, 6.45) is 4.81. The van der Waals surface area contributed by atoms with E-state index in [1.54, 1.807) is 25.9 Å². The molecule has 2 aromatic rings. The van der Waals surface area contributed by atoms with E-state index < -0.39 is 9.73 Å². The number of para-hydroxylation sites is 1. The minimum atomic E-state index is -2.20. The number of nitrogens with zero attached hydrogens (tertiary/aromatic N) is 2. The lowest BCUT2D eigenvalue weighted by Gasteiger charge is -2.09. The average Bonchev–Trinajstić information content (AvgIpc) is 2.84. The van der Waals surface area contributed by atoms with Gasteiger partial charge in [-0.05, 0) is 12.1 Å². The summed E-state index contributed by atoms with van der Waals surface area (Å²) in [7, 11) is -0.594. The molecule has 1 heterocycles. The molecular weight excluding hydrogens is 290 g/mol. The zero-order chi connectivity index (χ0) is 15.3. The maximum atomic E-state index is 11.8. The molecule has 0 bridgehead atoms. The SMILES string of the molecule is COCc1nocc1CNc1ccccc1N=S(C)(C)=O. The molecule has 0 atom stereocenters. The fraction of sp³-hybridized carbons (Fsp3) is 0.357. The van der Waals surface area contributed by atoms with E-state index in [9.17, 15) is 4.21 Å². The summed E-state index contributed by atoms with van der Waals surface area (Å²) in [5.74, 6) is 0. The van der Waals surface area contributed by atoms with Crippen molar-refractivity contribution in [2.75, 3.05) is 24.9 Å². The van der Waals surface area contributed by atoms with Crippen LogP contribution >= 0.6 is 0 Å². The Morgan fingerprint density at radius 2 is 2.14 bits per heavy atom. The van der Waals surface area contributed by atoms with Gasteiger partial charge in [0.05, 0.1) is 18.0 Å². The van der Waals surface area contributed by atoms with Crippen molar-refractivity contribution in [3.63, 3.8) is 0 Å². The van der Waals surface area contributed by atoms with Crippen molar-refractivity contribution in [2.45, 2.75) is 13.2 Å². The van der Waals surface area contributed by atoms with Gasteiger partial charge in [0.1, 0.15) is 12.0 Å². The van der Waals surface area contributed by atoms with Gasteiger partial charge in [-0.2, -0.15) is 4.36 Å². The molecule has 0 saturated carbocycles. The van der Waals surface area contributed by atoms with Gasteiger partial charge >= 0.3 is 0 Å². The number of hydrogen-bond acceptors (Lipinski definition) is 6. The maximum Gasteiger partial charge on any atom is 0.129 e. The van der Waals surface area contributed by atoms with Crippen LogP contribution < -0.4 is 5.32 Å². The molecular formula is C14H19N3O3S. The summed E-state index contributed by atoms with van der Waals surface area (Å²) in [4.78, 5) is 0. The highest BCUT2D eigenvalue weighted by molar-refractivity contribution is 7.92. The number of anilines is 1. The third kappa shape index (κ3) is 4.57. The van der Waals surface area contributed by atoms with Crippen LogP contribution in [0.15, 0.2) is 39.4 Å². The largest absolute Gasteiger partial charge is 0.379 e. The molecule has 1 aromatic carbocycles. The van der Waals surface area contributed by atoms with Crippen LogP contribution in [-0.4, -0.2) is 29.0 Å². The molecule has 0 unspecified atom stereocenters. The minimum absolute atomic E-state index is 0.400. The number of methoxy groups -OCH3 is 1. The molecule has 0 amide bonds. The van der Waals surface area contributed by atoms with Gasteiger partial charge in [0, 0.05) is 41.5 Å². The van der Waals surface area contributed by atoms with Crippen molar-refractivity contribution in [2.24, 2.45) is 4.36 Å². The zero-order valence-corrected chi connectivity index (χ0v) is 13.1. The molecule has 6 nitrogen and oxygen atoms in total. The fourth-order valence-corrected chi connectivity index (χ4v) is 2.44. The number of benzene rings is 1. The topological polar surface area (TPSA) is 76.7 Å². The van der Waals surface area contributed by atoms with Crippen LogP contribution in [0.25, 0.3) is 0 Å². The Labute approximate surface area is 124 Å². The van der Waals surface area contributed by atoms with E-state index in [2.05, 4.69) is 14.8 Å². The number of hydrogen-bond donors (Lipinski definition) is 1. The van der Waals surface area contributed by atoms with Crippen molar-refractivity contribution < 1.29 is 13.5 Å². The van der Waals surface area contributed by atoms with Crippen LogP contribution in [0.1, 0.15) is 11.3 Å². The lowest BCUT2D eigenvalue weighted by molar-refractivity contribution is 0.176. The Morgan fingerprint density at radius 1 is 1.38 bits per heavy atom. The Morgan fingerprint density at radius 3 is 2.86 bits per heavy atom. The molecule has 0 fully saturated rings. The molecule has 21 heavy (non-hydrogen) atoms. The van der Waals surface area contributed by atoms with E-state index in [0.29, 0.717) is 18.8 Å². The van der Waals surface area contributed by atoms with E-state index in [4.69, 9.17) is 9.26 Å². The van der Waals surface area contributed by atoms with Gasteiger partial charge in [0.2, 0.25) is 0 Å². The fourth-order valence-electron chi connectivity index (χ4n) is 1.81. The summed E-state index contributed by atoms with van der Waals surface area (Å²) in [6.45, 7) is 0.931. The molecule has 2 rings (SSSR count). The van der Waals surface area contributed by atoms with Crippen LogP contribution in [0.5, 0.6) is 0 Å². The molecule has 0 aliphatic carbocycles. The summed E-state index contributed by atoms with van der Waals surface area (Å²) in [5.41, 5.74) is 3.17. The lowest BCUT2D eigenvalue weighted by atomic mass is 10.2. The third-order valence-corrected chi connectivity index (χ3v) is 3.34. The summed E-state index contributed by atoms with van der Waals surface area (Å²) >= 11 is 0. The molecule has 1 N–H and O–H groups in total. The molecule has 0 saturated heterocycles. The highest BCUT2D eigenvalue weighted by atomic mass is 32.2. The molecule has 0 aliphatic heterocycles. The number of aromatic nitrogens is 1. The second-order valence-corrected chi connectivity index (χ2v) is 7.41. The first kappa shape index (κ1) is 15.5. The van der Waals surface area contributed by atoms with E-state index in [1.807, 2.05) is 24.3 Å². The van der Waals surface area contributed by atoms with Crippen LogP contribution in [-0.2, 0) is 27.6 Å². The first-order chi connectivity index (χ1) is 9.99. The average molecular weight is 309 g/mol. The second-order valence-electron chi connectivity index (χ2n) is 4.86. The number of ether oxygens (including phenoxy) is 1.